The number of fused-ring (bicyclic) bond motifs is 3. The lowest BCUT2D eigenvalue weighted by atomic mass is 10.0. The smallest absolute Gasteiger partial charge is 0.262 e. The lowest BCUT2D eigenvalue weighted by Gasteiger charge is -2.16. The number of benzene rings is 2. The van der Waals surface area contributed by atoms with Crippen LogP contribution < -0.4 is 10.9 Å². The van der Waals surface area contributed by atoms with Gasteiger partial charge in [0.15, 0.2) is 5.16 Å². The van der Waals surface area contributed by atoms with Gasteiger partial charge >= 0.3 is 0 Å². The predicted octanol–water partition coefficient (Wildman–Crippen LogP) is 5.27. The van der Waals surface area contributed by atoms with E-state index in [1.807, 2.05) is 61.5 Å². The number of hydrogen-bond acceptors (Lipinski definition) is 5. The molecule has 0 bridgehead atoms. The molecule has 2 heterocycles. The molecule has 0 saturated heterocycles. The molecule has 1 N–H and O–H groups in total. The minimum atomic E-state index is -0.416. The third-order valence-corrected chi connectivity index (χ3v) is 8.16. The molecule has 5 nitrogen and oxygen atoms in total. The van der Waals surface area contributed by atoms with E-state index < -0.39 is 5.25 Å². The van der Waals surface area contributed by atoms with Crippen LogP contribution >= 0.6 is 23.1 Å². The Morgan fingerprint density at radius 1 is 1.12 bits per heavy atom. The summed E-state index contributed by atoms with van der Waals surface area (Å²) < 4.78 is 1.58. The van der Waals surface area contributed by atoms with Gasteiger partial charge < -0.3 is 5.32 Å². The Morgan fingerprint density at radius 2 is 1.88 bits per heavy atom. The fraction of sp³-hybridized carbons (Fsp3) is 0.240. The number of carbonyl (C=O) groups excluding carboxylic acids is 1. The second-order valence-electron chi connectivity index (χ2n) is 7.96. The monoisotopic (exact) mass is 461 g/mol. The van der Waals surface area contributed by atoms with Crippen LogP contribution in [-0.4, -0.2) is 20.7 Å². The SMILES string of the molecule is CC(Sc1nc2sc3c(c2c(=O)n1C)CCC3)C(=O)Nc1ccccc1-c1ccccc1. The molecule has 7 heteroatoms. The molecule has 1 unspecified atom stereocenters. The van der Waals surface area contributed by atoms with E-state index >= 15 is 0 Å². The summed E-state index contributed by atoms with van der Waals surface area (Å²) in [4.78, 5) is 32.9. The minimum Gasteiger partial charge on any atom is -0.325 e. The van der Waals surface area contributed by atoms with Gasteiger partial charge in [0, 0.05) is 23.2 Å². The van der Waals surface area contributed by atoms with E-state index in [-0.39, 0.29) is 11.5 Å². The zero-order valence-electron chi connectivity index (χ0n) is 17.9. The molecule has 0 aliphatic heterocycles. The second kappa shape index (κ2) is 8.56. The van der Waals surface area contributed by atoms with Gasteiger partial charge in [-0.3, -0.25) is 14.2 Å². The second-order valence-corrected chi connectivity index (χ2v) is 10.3. The standard InChI is InChI=1S/C25H23N3O2S2/c1-15(22(29)26-19-13-7-6-11-17(19)16-9-4-3-5-10-16)31-25-27-23-21(24(30)28(25)2)18-12-8-14-20(18)32-23/h3-7,9-11,13,15H,8,12,14H2,1-2H3,(H,26,29). The Labute approximate surface area is 194 Å². The van der Waals surface area contributed by atoms with Gasteiger partial charge in [-0.1, -0.05) is 60.3 Å². The summed E-state index contributed by atoms with van der Waals surface area (Å²) in [5.41, 5.74) is 3.95. The summed E-state index contributed by atoms with van der Waals surface area (Å²) in [5.74, 6) is -0.124. The van der Waals surface area contributed by atoms with E-state index in [0.29, 0.717) is 5.16 Å². The average molecular weight is 462 g/mol. The van der Waals surface area contributed by atoms with Crippen molar-refractivity contribution in [3.05, 3.63) is 75.4 Å². The number of hydrogen-bond donors (Lipinski definition) is 1. The number of nitrogens with zero attached hydrogens (tertiary/aromatic N) is 2. The summed E-state index contributed by atoms with van der Waals surface area (Å²) >= 11 is 2.94. The van der Waals surface area contributed by atoms with Crippen molar-refractivity contribution >= 4 is 44.9 Å². The van der Waals surface area contributed by atoms with E-state index in [9.17, 15) is 9.59 Å². The van der Waals surface area contributed by atoms with Gasteiger partial charge in [-0.25, -0.2) is 4.98 Å². The predicted molar refractivity (Wildman–Crippen MR) is 133 cm³/mol. The molecule has 0 radical (unpaired) electrons. The van der Waals surface area contributed by atoms with Crippen LogP contribution in [0.25, 0.3) is 21.3 Å². The van der Waals surface area contributed by atoms with Gasteiger partial charge in [-0.05, 0) is 43.4 Å². The Morgan fingerprint density at radius 3 is 2.69 bits per heavy atom. The highest BCUT2D eigenvalue weighted by molar-refractivity contribution is 8.00. The molecule has 1 atom stereocenters. The first kappa shape index (κ1) is 21.0. The van der Waals surface area contributed by atoms with E-state index in [0.717, 1.165) is 46.3 Å². The number of rotatable bonds is 5. The maximum absolute atomic E-state index is 13.0. The molecule has 4 aromatic rings. The van der Waals surface area contributed by atoms with Crippen molar-refractivity contribution in [1.82, 2.24) is 9.55 Å². The molecule has 1 aliphatic carbocycles. The number of para-hydroxylation sites is 1. The number of carbonyl (C=O) groups is 1. The van der Waals surface area contributed by atoms with Crippen LogP contribution in [0.4, 0.5) is 5.69 Å². The molecular formula is C25H23N3O2S2. The number of anilines is 1. The van der Waals surface area contributed by atoms with Crippen molar-refractivity contribution in [2.24, 2.45) is 7.05 Å². The van der Waals surface area contributed by atoms with Crippen LogP contribution in [0, 0.1) is 0 Å². The van der Waals surface area contributed by atoms with Crippen LogP contribution in [0.1, 0.15) is 23.8 Å². The van der Waals surface area contributed by atoms with E-state index in [2.05, 4.69) is 5.32 Å². The van der Waals surface area contributed by atoms with E-state index in [4.69, 9.17) is 4.98 Å². The third-order valence-electron chi connectivity index (χ3n) is 5.83. The quantitative estimate of drug-likeness (QED) is 0.325. The highest BCUT2D eigenvalue weighted by atomic mass is 32.2. The summed E-state index contributed by atoms with van der Waals surface area (Å²) in [6.45, 7) is 1.84. The van der Waals surface area contributed by atoms with Crippen molar-refractivity contribution < 1.29 is 4.79 Å². The highest BCUT2D eigenvalue weighted by Crippen LogP contribution is 2.36. The molecule has 2 aromatic heterocycles. The third kappa shape index (κ3) is 3.76. The molecule has 1 aliphatic rings. The molecule has 1 amide bonds. The topological polar surface area (TPSA) is 64.0 Å². The molecule has 2 aromatic carbocycles. The Bertz CT molecular complexity index is 1380. The summed E-state index contributed by atoms with van der Waals surface area (Å²) in [7, 11) is 1.74. The number of nitrogens with one attached hydrogen (secondary N) is 1. The molecule has 32 heavy (non-hydrogen) atoms. The van der Waals surface area contributed by atoms with Gasteiger partial charge in [0.1, 0.15) is 4.83 Å². The zero-order chi connectivity index (χ0) is 22.2. The largest absolute Gasteiger partial charge is 0.325 e. The molecule has 162 valence electrons. The molecule has 0 saturated carbocycles. The first-order valence-corrected chi connectivity index (χ1v) is 12.4. The maximum atomic E-state index is 13.0. The number of aryl methyl sites for hydroxylation is 2. The summed E-state index contributed by atoms with van der Waals surface area (Å²) in [6.07, 6.45) is 3.10. The average Bonchev–Trinajstić information content (AvgIpc) is 3.39. The van der Waals surface area contributed by atoms with Crippen LogP contribution in [0.15, 0.2) is 64.5 Å². The van der Waals surface area contributed by atoms with Crippen LogP contribution in [-0.2, 0) is 24.7 Å². The molecule has 0 spiro atoms. The summed E-state index contributed by atoms with van der Waals surface area (Å²) in [5, 5.41) is 3.98. The lowest BCUT2D eigenvalue weighted by Crippen LogP contribution is -2.25. The number of thiophene rings is 1. The van der Waals surface area contributed by atoms with E-state index in [1.54, 1.807) is 23.0 Å². The van der Waals surface area contributed by atoms with Crippen LogP contribution in [0.5, 0.6) is 0 Å². The van der Waals surface area contributed by atoms with Crippen molar-refractivity contribution in [3.8, 4) is 11.1 Å². The van der Waals surface area contributed by atoms with Gasteiger partial charge in [0.2, 0.25) is 5.91 Å². The molecule has 0 fully saturated rings. The molecule has 5 rings (SSSR count). The highest BCUT2D eigenvalue weighted by Gasteiger charge is 2.24. The van der Waals surface area contributed by atoms with Crippen LogP contribution in [0.3, 0.4) is 0 Å². The molecular weight excluding hydrogens is 438 g/mol. The van der Waals surface area contributed by atoms with E-state index in [1.165, 1.54) is 22.2 Å². The zero-order valence-corrected chi connectivity index (χ0v) is 19.6. The Kier molecular flexibility index (Phi) is 5.61. The first-order chi connectivity index (χ1) is 15.5. The maximum Gasteiger partial charge on any atom is 0.262 e. The van der Waals surface area contributed by atoms with Crippen molar-refractivity contribution in [1.29, 1.82) is 0 Å². The minimum absolute atomic E-state index is 0.0149. The van der Waals surface area contributed by atoms with Crippen LogP contribution in [0.2, 0.25) is 0 Å². The van der Waals surface area contributed by atoms with Gasteiger partial charge in [0.25, 0.3) is 5.56 Å². The normalized spacial score (nSPS) is 13.8. The van der Waals surface area contributed by atoms with Gasteiger partial charge in [0.05, 0.1) is 10.6 Å². The van der Waals surface area contributed by atoms with Crippen molar-refractivity contribution in [3.63, 3.8) is 0 Å². The fourth-order valence-corrected chi connectivity index (χ4v) is 6.30. The number of aromatic nitrogens is 2. The van der Waals surface area contributed by atoms with Gasteiger partial charge in [-0.2, -0.15) is 0 Å². The fourth-order valence-electron chi connectivity index (χ4n) is 4.12. The Balaban J connectivity index is 1.39. The van der Waals surface area contributed by atoms with Crippen molar-refractivity contribution in [2.45, 2.75) is 36.6 Å². The number of amides is 1. The Hall–Kier alpha value is -2.90. The van der Waals surface area contributed by atoms with Crippen molar-refractivity contribution in [2.75, 3.05) is 5.32 Å². The van der Waals surface area contributed by atoms with Gasteiger partial charge in [-0.15, -0.1) is 11.3 Å². The lowest BCUT2D eigenvalue weighted by molar-refractivity contribution is -0.115. The summed E-state index contributed by atoms with van der Waals surface area (Å²) in [6, 6.07) is 17.8. The first-order valence-electron chi connectivity index (χ1n) is 10.7. The number of thioether (sulfide) groups is 1.